The highest BCUT2D eigenvalue weighted by molar-refractivity contribution is 6.31. The van der Waals surface area contributed by atoms with Gasteiger partial charge < -0.3 is 34.6 Å². The average molecular weight is 527 g/mol. The summed E-state index contributed by atoms with van der Waals surface area (Å²) in [5, 5.41) is 40.7. The molecule has 0 spiro atoms. The van der Waals surface area contributed by atoms with Crippen LogP contribution in [0.5, 0.6) is 5.75 Å². The van der Waals surface area contributed by atoms with Gasteiger partial charge in [0.2, 0.25) is 0 Å². The molecule has 2 aliphatic heterocycles. The monoisotopic (exact) mass is 526 g/mol. The lowest BCUT2D eigenvalue weighted by Gasteiger charge is -2.40. The first-order valence-corrected chi connectivity index (χ1v) is 12.7. The number of benzene rings is 3. The Morgan fingerprint density at radius 3 is 2.49 bits per heavy atom. The number of hydrogen-bond donors (Lipinski definition) is 4. The fourth-order valence-electron chi connectivity index (χ4n) is 4.97. The van der Waals surface area contributed by atoms with Gasteiger partial charge in [0, 0.05) is 5.02 Å². The molecule has 37 heavy (non-hydrogen) atoms. The molecule has 0 saturated carbocycles. The van der Waals surface area contributed by atoms with E-state index in [2.05, 4.69) is 25.1 Å². The van der Waals surface area contributed by atoms with Crippen LogP contribution in [0.15, 0.2) is 60.7 Å². The molecule has 0 amide bonds. The summed E-state index contributed by atoms with van der Waals surface area (Å²) in [6, 6.07) is 19.4. The lowest BCUT2D eigenvalue weighted by Crippen LogP contribution is -2.55. The predicted molar refractivity (Wildman–Crippen MR) is 138 cm³/mol. The Balaban J connectivity index is 1.24. The maximum atomic E-state index is 10.5. The van der Waals surface area contributed by atoms with E-state index >= 15 is 0 Å². The zero-order valence-electron chi connectivity index (χ0n) is 20.5. The standard InChI is InChI=1S/C29H31ClO7/c1-16-2-8-22-20(10-16)14-36-25(22)15-35-21-6-3-17(4-7-21)11-19-12-18(5-9-23(19)30)29-28(34)27(33)26(32)24(13-31)37-29/h2-10,12,24-29,31-34H,11,13-15H2,1H3/t24-,25?,26-,27+,28-,29+/m1/s1. The molecule has 196 valence electrons. The Labute approximate surface area is 220 Å². The molecule has 1 fully saturated rings. The quantitative estimate of drug-likeness (QED) is 0.373. The van der Waals surface area contributed by atoms with E-state index in [0.29, 0.717) is 30.2 Å². The molecular weight excluding hydrogens is 496 g/mol. The highest BCUT2D eigenvalue weighted by Crippen LogP contribution is 2.35. The van der Waals surface area contributed by atoms with E-state index < -0.39 is 37.1 Å². The number of fused-ring (bicyclic) bond motifs is 1. The summed E-state index contributed by atoms with van der Waals surface area (Å²) >= 11 is 6.46. The molecule has 4 N–H and O–H groups in total. The molecule has 1 unspecified atom stereocenters. The van der Waals surface area contributed by atoms with Gasteiger partial charge in [-0.1, -0.05) is 59.6 Å². The molecule has 2 heterocycles. The van der Waals surface area contributed by atoms with Gasteiger partial charge in [-0.25, -0.2) is 0 Å². The van der Waals surface area contributed by atoms with E-state index in [1.807, 2.05) is 30.3 Å². The number of halogens is 1. The smallest absolute Gasteiger partial charge is 0.119 e. The topological polar surface area (TPSA) is 109 Å². The third-order valence-electron chi connectivity index (χ3n) is 7.10. The summed E-state index contributed by atoms with van der Waals surface area (Å²) in [5.41, 5.74) is 6.04. The zero-order valence-corrected chi connectivity index (χ0v) is 21.2. The Kier molecular flexibility index (Phi) is 7.83. The molecule has 0 aromatic heterocycles. The number of hydrogen-bond acceptors (Lipinski definition) is 7. The van der Waals surface area contributed by atoms with E-state index in [1.165, 1.54) is 16.7 Å². The second kappa shape index (κ2) is 11.1. The summed E-state index contributed by atoms with van der Waals surface area (Å²) in [6.07, 6.45) is -5.61. The summed E-state index contributed by atoms with van der Waals surface area (Å²) in [6.45, 7) is 2.63. The summed E-state index contributed by atoms with van der Waals surface area (Å²) in [4.78, 5) is 0. The minimum Gasteiger partial charge on any atom is -0.491 e. The molecule has 0 bridgehead atoms. The van der Waals surface area contributed by atoms with Crippen molar-refractivity contribution in [3.05, 3.63) is 99.1 Å². The van der Waals surface area contributed by atoms with Crippen LogP contribution in [0.4, 0.5) is 0 Å². The number of aryl methyl sites for hydroxylation is 1. The van der Waals surface area contributed by atoms with Gasteiger partial charge in [0.15, 0.2) is 0 Å². The predicted octanol–water partition coefficient (Wildman–Crippen LogP) is 3.40. The molecule has 6 atom stereocenters. The minimum atomic E-state index is -1.44. The van der Waals surface area contributed by atoms with E-state index in [0.717, 1.165) is 16.9 Å². The minimum absolute atomic E-state index is 0.0840. The number of ether oxygens (including phenoxy) is 3. The van der Waals surface area contributed by atoms with Crippen molar-refractivity contribution in [3.8, 4) is 5.75 Å². The Morgan fingerprint density at radius 1 is 0.946 bits per heavy atom. The van der Waals surface area contributed by atoms with Crippen molar-refractivity contribution in [2.75, 3.05) is 13.2 Å². The highest BCUT2D eigenvalue weighted by Gasteiger charge is 2.44. The molecule has 0 radical (unpaired) electrons. The zero-order chi connectivity index (χ0) is 26.1. The molecule has 5 rings (SSSR count). The Bertz CT molecular complexity index is 1230. The number of aliphatic hydroxyl groups is 4. The van der Waals surface area contributed by atoms with E-state index in [-0.39, 0.29) is 6.10 Å². The van der Waals surface area contributed by atoms with Crippen LogP contribution in [-0.2, 0) is 22.5 Å². The summed E-state index contributed by atoms with van der Waals surface area (Å²) < 4.78 is 17.6. The lowest BCUT2D eigenvalue weighted by molar-refractivity contribution is -0.231. The first kappa shape index (κ1) is 26.1. The first-order valence-electron chi connectivity index (χ1n) is 12.4. The third-order valence-corrected chi connectivity index (χ3v) is 7.46. The van der Waals surface area contributed by atoms with E-state index in [9.17, 15) is 20.4 Å². The Morgan fingerprint density at radius 2 is 1.73 bits per heavy atom. The van der Waals surface area contributed by atoms with Crippen molar-refractivity contribution in [1.29, 1.82) is 0 Å². The van der Waals surface area contributed by atoms with Gasteiger partial charge in [0.25, 0.3) is 0 Å². The molecule has 3 aromatic rings. The molecule has 3 aromatic carbocycles. The molecule has 7 nitrogen and oxygen atoms in total. The van der Waals surface area contributed by atoms with Crippen molar-refractivity contribution in [2.24, 2.45) is 0 Å². The number of aliphatic hydroxyl groups excluding tert-OH is 4. The van der Waals surface area contributed by atoms with Crippen molar-refractivity contribution in [3.63, 3.8) is 0 Å². The molecule has 2 aliphatic rings. The average Bonchev–Trinajstić information content (AvgIpc) is 3.30. The third kappa shape index (κ3) is 5.54. The fourth-order valence-corrected chi connectivity index (χ4v) is 5.16. The van der Waals surface area contributed by atoms with Crippen LogP contribution in [0.3, 0.4) is 0 Å². The molecule has 0 aliphatic carbocycles. The van der Waals surface area contributed by atoms with Gasteiger partial charge in [-0.2, -0.15) is 0 Å². The fraction of sp³-hybridized carbons (Fsp3) is 0.379. The Hall–Kier alpha value is -2.49. The van der Waals surface area contributed by atoms with Crippen molar-refractivity contribution in [2.45, 2.75) is 56.6 Å². The normalized spacial score (nSPS) is 27.2. The first-order chi connectivity index (χ1) is 17.8. The molecule has 1 saturated heterocycles. The highest BCUT2D eigenvalue weighted by atomic mass is 35.5. The van der Waals surface area contributed by atoms with Crippen LogP contribution in [0.2, 0.25) is 5.02 Å². The van der Waals surface area contributed by atoms with Crippen molar-refractivity contribution >= 4 is 11.6 Å². The van der Waals surface area contributed by atoms with Gasteiger partial charge in [0.05, 0.1) is 13.2 Å². The number of rotatable bonds is 7. The second-order valence-corrected chi connectivity index (χ2v) is 10.1. The van der Waals surface area contributed by atoms with E-state index in [1.54, 1.807) is 12.1 Å². The summed E-state index contributed by atoms with van der Waals surface area (Å²) in [5.74, 6) is 0.745. The lowest BCUT2D eigenvalue weighted by atomic mass is 9.90. The van der Waals surface area contributed by atoms with Gasteiger partial charge >= 0.3 is 0 Å². The summed E-state index contributed by atoms with van der Waals surface area (Å²) in [7, 11) is 0. The largest absolute Gasteiger partial charge is 0.491 e. The van der Waals surface area contributed by atoms with Crippen LogP contribution in [-0.4, -0.2) is 58.1 Å². The molecule has 8 heteroatoms. The maximum Gasteiger partial charge on any atom is 0.119 e. The van der Waals surface area contributed by atoms with Crippen LogP contribution < -0.4 is 4.74 Å². The van der Waals surface area contributed by atoms with Crippen LogP contribution in [0.25, 0.3) is 0 Å². The molecular formula is C29H31ClO7. The van der Waals surface area contributed by atoms with Gasteiger partial charge in [-0.05, 0) is 59.4 Å². The van der Waals surface area contributed by atoms with Crippen LogP contribution >= 0.6 is 11.6 Å². The van der Waals surface area contributed by atoms with E-state index in [4.69, 9.17) is 25.8 Å². The second-order valence-electron chi connectivity index (χ2n) is 9.73. The van der Waals surface area contributed by atoms with Gasteiger partial charge in [-0.15, -0.1) is 0 Å². The van der Waals surface area contributed by atoms with Gasteiger partial charge in [-0.3, -0.25) is 0 Å². The van der Waals surface area contributed by atoms with Crippen molar-refractivity contribution in [1.82, 2.24) is 0 Å². The van der Waals surface area contributed by atoms with Crippen LogP contribution in [0, 0.1) is 6.92 Å². The maximum absolute atomic E-state index is 10.5. The van der Waals surface area contributed by atoms with Gasteiger partial charge in [0.1, 0.15) is 49.0 Å². The SMILES string of the molecule is Cc1ccc2c(c1)COC2COc1ccc(Cc2cc([C@@H]3O[C@H](CO)[C@@H](O)[C@H](O)[C@H]3O)ccc2Cl)cc1. The van der Waals surface area contributed by atoms with Crippen molar-refractivity contribution < 1.29 is 34.6 Å². The van der Waals surface area contributed by atoms with Crippen LogP contribution in [0.1, 0.15) is 45.6 Å².